The first kappa shape index (κ1) is 24.4. The van der Waals surface area contributed by atoms with E-state index >= 15 is 0 Å². The van der Waals surface area contributed by atoms with Crippen LogP contribution >= 0.6 is 0 Å². The molecule has 1 amide bonds. The van der Waals surface area contributed by atoms with E-state index in [4.69, 9.17) is 4.74 Å². The van der Waals surface area contributed by atoms with E-state index in [9.17, 15) is 40.7 Å². The fourth-order valence-electron chi connectivity index (χ4n) is 2.61. The lowest BCUT2D eigenvalue weighted by molar-refractivity contribution is -0.904. The predicted octanol–water partition coefficient (Wildman–Crippen LogP) is 5.19. The van der Waals surface area contributed by atoms with Gasteiger partial charge < -0.3 is 19.5 Å². The summed E-state index contributed by atoms with van der Waals surface area (Å²) in [6.45, 7) is 0. The van der Waals surface area contributed by atoms with Gasteiger partial charge >= 0.3 is 12.7 Å². The normalized spacial score (nSPS) is 11.6. The molecule has 14 heteroatoms. The molecule has 0 spiro atoms. The number of benzene rings is 2. The Morgan fingerprint density at radius 1 is 0.853 bits per heavy atom. The van der Waals surface area contributed by atoms with Crippen molar-refractivity contribution in [2.24, 2.45) is 0 Å². The van der Waals surface area contributed by atoms with E-state index in [1.54, 1.807) is 0 Å². The van der Waals surface area contributed by atoms with Crippen LogP contribution < -0.4 is 24.3 Å². The molecule has 0 saturated carbocycles. The Labute approximate surface area is 185 Å². The molecule has 0 bridgehead atoms. The number of hydrogen-bond acceptors (Lipinski definition) is 5. The lowest BCUT2D eigenvalue weighted by Crippen LogP contribution is -2.29. The van der Waals surface area contributed by atoms with Crippen LogP contribution in [0, 0.1) is 5.82 Å². The van der Waals surface area contributed by atoms with E-state index in [1.807, 2.05) is 0 Å². The summed E-state index contributed by atoms with van der Waals surface area (Å²) in [5.41, 5.74) is -1.07. The first-order valence-electron chi connectivity index (χ1n) is 8.94. The molecule has 0 aliphatic carbocycles. The highest BCUT2D eigenvalue weighted by molar-refractivity contribution is 6.06. The number of pyridine rings is 1. The van der Waals surface area contributed by atoms with Crippen LogP contribution in [0.15, 0.2) is 60.9 Å². The number of aromatic nitrogens is 1. The standard InChI is InChI=1S/C20H11F7N2O5/c21-17-15(34-20(25,26)27)8-7-14(16(17)18(30)28-11-2-1-9-29(31)10-11)32-12-3-5-13(6-4-12)33-19(22,23)24/h1-10H,(H-,28,30,31)/p+1. The zero-order valence-electron chi connectivity index (χ0n) is 16.4. The van der Waals surface area contributed by atoms with Gasteiger partial charge in [-0.1, -0.05) is 0 Å². The third-order valence-corrected chi connectivity index (χ3v) is 3.85. The molecule has 0 radical (unpaired) electrons. The summed E-state index contributed by atoms with van der Waals surface area (Å²) in [6.07, 6.45) is -8.02. The van der Waals surface area contributed by atoms with Crippen molar-refractivity contribution in [1.29, 1.82) is 0 Å². The van der Waals surface area contributed by atoms with Crippen LogP contribution in [0.3, 0.4) is 0 Å². The highest BCUT2D eigenvalue weighted by atomic mass is 19.4. The molecular formula is C20H12F7N2O5+. The van der Waals surface area contributed by atoms with Crippen molar-refractivity contribution < 1.29 is 59.7 Å². The summed E-state index contributed by atoms with van der Waals surface area (Å²) in [5.74, 6) is -5.70. The monoisotopic (exact) mass is 493 g/mol. The Kier molecular flexibility index (Phi) is 6.70. The number of nitrogens with zero attached hydrogens (tertiary/aromatic N) is 1. The van der Waals surface area contributed by atoms with E-state index in [0.29, 0.717) is 10.8 Å². The predicted molar refractivity (Wildman–Crippen MR) is 98.1 cm³/mol. The summed E-state index contributed by atoms with van der Waals surface area (Å²) in [7, 11) is 0. The molecule has 1 aromatic heterocycles. The van der Waals surface area contributed by atoms with Gasteiger partial charge in [0.1, 0.15) is 28.5 Å². The summed E-state index contributed by atoms with van der Waals surface area (Å²) in [4.78, 5) is 12.7. The van der Waals surface area contributed by atoms with Crippen molar-refractivity contribution in [2.75, 3.05) is 5.32 Å². The Balaban J connectivity index is 1.95. The van der Waals surface area contributed by atoms with Gasteiger partial charge in [0.25, 0.3) is 5.91 Å². The highest BCUT2D eigenvalue weighted by Gasteiger charge is 2.34. The van der Waals surface area contributed by atoms with Crippen molar-refractivity contribution >= 4 is 11.6 Å². The maximum Gasteiger partial charge on any atom is 0.573 e. The molecule has 0 atom stereocenters. The molecular weight excluding hydrogens is 481 g/mol. The SMILES string of the molecule is O=C(Nc1ccc[n+](O)c1)c1c(Oc2ccc(OC(F)(F)F)cc2)ccc(OC(F)(F)F)c1F. The molecule has 0 fully saturated rings. The second-order valence-electron chi connectivity index (χ2n) is 6.35. The second kappa shape index (κ2) is 9.33. The summed E-state index contributed by atoms with van der Waals surface area (Å²) >= 11 is 0. The van der Waals surface area contributed by atoms with E-state index in [2.05, 4.69) is 14.8 Å². The van der Waals surface area contributed by atoms with Crippen molar-refractivity contribution in [1.82, 2.24) is 0 Å². The molecule has 2 aromatic carbocycles. The topological polar surface area (TPSA) is 80.9 Å². The average molecular weight is 493 g/mol. The lowest BCUT2D eigenvalue weighted by atomic mass is 10.1. The maximum absolute atomic E-state index is 14.9. The Bertz CT molecular complexity index is 1180. The van der Waals surface area contributed by atoms with Crippen LogP contribution in [0.5, 0.6) is 23.0 Å². The first-order valence-corrected chi connectivity index (χ1v) is 8.94. The van der Waals surface area contributed by atoms with Crippen LogP contribution in [0.25, 0.3) is 0 Å². The smallest absolute Gasteiger partial charge is 0.456 e. The first-order chi connectivity index (χ1) is 15.8. The summed E-state index contributed by atoms with van der Waals surface area (Å²) < 4.78 is 103. The lowest BCUT2D eigenvalue weighted by Gasteiger charge is -2.16. The molecule has 0 aliphatic heterocycles. The van der Waals surface area contributed by atoms with Crippen molar-refractivity contribution in [2.45, 2.75) is 12.7 Å². The number of anilines is 1. The van der Waals surface area contributed by atoms with Gasteiger partial charge in [0, 0.05) is 10.8 Å². The molecule has 7 nitrogen and oxygen atoms in total. The number of ether oxygens (including phenoxy) is 3. The molecule has 3 rings (SSSR count). The minimum atomic E-state index is -5.27. The average Bonchev–Trinajstić information content (AvgIpc) is 2.69. The van der Waals surface area contributed by atoms with Crippen molar-refractivity contribution in [3.05, 3.63) is 72.3 Å². The molecule has 0 saturated heterocycles. The molecule has 3 aromatic rings. The van der Waals surface area contributed by atoms with Gasteiger partial charge in [-0.15, -0.1) is 26.3 Å². The van der Waals surface area contributed by atoms with Gasteiger partial charge in [-0.3, -0.25) is 10.0 Å². The Hall–Kier alpha value is -4.23. The number of hydrogen-bond donors (Lipinski definition) is 2. The number of rotatable bonds is 6. The van der Waals surface area contributed by atoms with Crippen LogP contribution in [0.1, 0.15) is 10.4 Å². The maximum atomic E-state index is 14.9. The molecule has 2 N–H and O–H groups in total. The number of carbonyl (C=O) groups is 1. The fraction of sp³-hybridized carbons (Fsp3) is 0.100. The van der Waals surface area contributed by atoms with Crippen LogP contribution in [0.2, 0.25) is 0 Å². The molecule has 180 valence electrons. The van der Waals surface area contributed by atoms with E-state index in [1.165, 1.54) is 18.3 Å². The van der Waals surface area contributed by atoms with Crippen LogP contribution in [-0.4, -0.2) is 23.8 Å². The number of halogens is 7. The number of amides is 1. The zero-order chi connectivity index (χ0) is 25.1. The van der Waals surface area contributed by atoms with Crippen molar-refractivity contribution in [3.8, 4) is 23.0 Å². The third kappa shape index (κ3) is 6.63. The molecule has 0 aliphatic rings. The summed E-state index contributed by atoms with van der Waals surface area (Å²) in [5, 5.41) is 11.6. The Morgan fingerprint density at radius 3 is 2.03 bits per heavy atom. The minimum Gasteiger partial charge on any atom is -0.456 e. The number of alkyl halides is 6. The minimum absolute atomic E-state index is 0.0591. The quantitative estimate of drug-likeness (QED) is 0.281. The fourth-order valence-corrected chi connectivity index (χ4v) is 2.61. The summed E-state index contributed by atoms with van der Waals surface area (Å²) in [6, 6.07) is 7.67. The molecule has 0 unspecified atom stereocenters. The Morgan fingerprint density at radius 2 is 1.44 bits per heavy atom. The van der Waals surface area contributed by atoms with E-state index < -0.39 is 47.3 Å². The number of carbonyl (C=O) groups excluding carboxylic acids is 1. The van der Waals surface area contributed by atoms with Crippen LogP contribution in [0.4, 0.5) is 36.4 Å². The second-order valence-corrected chi connectivity index (χ2v) is 6.35. The largest absolute Gasteiger partial charge is 0.573 e. The highest BCUT2D eigenvalue weighted by Crippen LogP contribution is 2.36. The van der Waals surface area contributed by atoms with Gasteiger partial charge in [0.05, 0.1) is 0 Å². The zero-order valence-corrected chi connectivity index (χ0v) is 16.4. The van der Waals surface area contributed by atoms with E-state index in [0.717, 1.165) is 36.5 Å². The van der Waals surface area contributed by atoms with Crippen molar-refractivity contribution in [3.63, 3.8) is 0 Å². The van der Waals surface area contributed by atoms with E-state index in [-0.39, 0.29) is 11.4 Å². The molecule has 1 heterocycles. The van der Waals surface area contributed by atoms with Gasteiger partial charge in [-0.25, -0.2) is 4.39 Å². The van der Waals surface area contributed by atoms with Gasteiger partial charge in [0.15, 0.2) is 11.6 Å². The van der Waals surface area contributed by atoms with Gasteiger partial charge in [-0.05, 0) is 42.5 Å². The van der Waals surface area contributed by atoms with Gasteiger partial charge in [-0.2, -0.15) is 0 Å². The third-order valence-electron chi connectivity index (χ3n) is 3.85. The molecule has 34 heavy (non-hydrogen) atoms. The van der Waals surface area contributed by atoms with Gasteiger partial charge in [0.2, 0.25) is 12.4 Å². The van der Waals surface area contributed by atoms with Crippen LogP contribution in [-0.2, 0) is 0 Å². The number of nitrogens with one attached hydrogen (secondary N) is 1.